The van der Waals surface area contributed by atoms with E-state index in [4.69, 9.17) is 4.98 Å². The van der Waals surface area contributed by atoms with Gasteiger partial charge in [-0.2, -0.15) is 0 Å². The number of tetrazole rings is 1. The third kappa shape index (κ3) is 5.09. The molecule has 0 saturated carbocycles. The topological polar surface area (TPSA) is 76.8 Å². The van der Waals surface area contributed by atoms with Gasteiger partial charge in [0, 0.05) is 36.8 Å². The first-order chi connectivity index (χ1) is 14.6. The average Bonchev–Trinajstić information content (AvgIpc) is 3.25. The van der Waals surface area contributed by atoms with Crippen LogP contribution in [-0.4, -0.2) is 49.1 Å². The van der Waals surface area contributed by atoms with Gasteiger partial charge in [0.05, 0.1) is 6.54 Å². The molecule has 7 nitrogen and oxygen atoms in total. The predicted molar refractivity (Wildman–Crippen MR) is 114 cm³/mol. The normalized spacial score (nSPS) is 16.6. The first-order valence-electron chi connectivity index (χ1n) is 10.6. The van der Waals surface area contributed by atoms with E-state index in [1.165, 1.54) is 16.7 Å². The third-order valence-corrected chi connectivity index (χ3v) is 5.66. The molecule has 0 spiro atoms. The fourth-order valence-corrected chi connectivity index (χ4v) is 4.23. The highest BCUT2D eigenvalue weighted by molar-refractivity contribution is 5.76. The van der Waals surface area contributed by atoms with Gasteiger partial charge >= 0.3 is 0 Å². The van der Waals surface area contributed by atoms with Crippen LogP contribution in [0.3, 0.4) is 0 Å². The Morgan fingerprint density at radius 2 is 2.07 bits per heavy atom. The lowest BCUT2D eigenvalue weighted by Gasteiger charge is -2.33. The molecule has 1 aromatic carbocycles. The number of aromatic nitrogens is 5. The van der Waals surface area contributed by atoms with Crippen LogP contribution >= 0.6 is 0 Å². The fraction of sp³-hybridized carbons (Fsp3) is 0.435. The van der Waals surface area contributed by atoms with Gasteiger partial charge in [-0.3, -0.25) is 9.78 Å². The summed E-state index contributed by atoms with van der Waals surface area (Å²) >= 11 is 0. The number of amides is 1. The minimum absolute atomic E-state index is 0.155. The van der Waals surface area contributed by atoms with Crippen molar-refractivity contribution < 1.29 is 4.79 Å². The van der Waals surface area contributed by atoms with Gasteiger partial charge in [-0.05, 0) is 66.8 Å². The van der Waals surface area contributed by atoms with Crippen LogP contribution in [0.5, 0.6) is 0 Å². The van der Waals surface area contributed by atoms with Crippen LogP contribution in [0.4, 0.5) is 0 Å². The molecule has 0 bridgehead atoms. The monoisotopic (exact) mass is 404 g/mol. The zero-order chi connectivity index (χ0) is 20.9. The molecule has 1 saturated heterocycles. The Kier molecular flexibility index (Phi) is 6.16. The SMILES string of the molecule is Cc1cccc(Cc2cc(C)nc([C@@H]3CCCN(C(=O)CCn4cnnn4)C3)c2)c1. The molecule has 2 aromatic heterocycles. The molecule has 4 rings (SSSR count). The smallest absolute Gasteiger partial charge is 0.224 e. The molecule has 1 fully saturated rings. The molecule has 156 valence electrons. The summed E-state index contributed by atoms with van der Waals surface area (Å²) in [7, 11) is 0. The largest absolute Gasteiger partial charge is 0.342 e. The lowest BCUT2D eigenvalue weighted by atomic mass is 9.92. The fourth-order valence-electron chi connectivity index (χ4n) is 4.23. The van der Waals surface area contributed by atoms with E-state index >= 15 is 0 Å². The van der Waals surface area contributed by atoms with E-state index in [1.807, 2.05) is 4.90 Å². The Morgan fingerprint density at radius 3 is 2.87 bits per heavy atom. The Bertz CT molecular complexity index is 1000. The van der Waals surface area contributed by atoms with E-state index in [2.05, 4.69) is 65.8 Å². The lowest BCUT2D eigenvalue weighted by Crippen LogP contribution is -2.39. The highest BCUT2D eigenvalue weighted by Crippen LogP contribution is 2.27. The van der Waals surface area contributed by atoms with Crippen molar-refractivity contribution >= 4 is 5.91 Å². The molecule has 7 heteroatoms. The molecule has 3 aromatic rings. The summed E-state index contributed by atoms with van der Waals surface area (Å²) in [4.78, 5) is 19.5. The second-order valence-corrected chi connectivity index (χ2v) is 8.21. The maximum absolute atomic E-state index is 12.7. The van der Waals surface area contributed by atoms with Crippen molar-refractivity contribution in [3.63, 3.8) is 0 Å². The van der Waals surface area contributed by atoms with Crippen LogP contribution in [-0.2, 0) is 17.8 Å². The van der Waals surface area contributed by atoms with Gasteiger partial charge in [-0.25, -0.2) is 4.68 Å². The Hall–Kier alpha value is -3.09. The van der Waals surface area contributed by atoms with Crippen molar-refractivity contribution in [3.8, 4) is 0 Å². The quantitative estimate of drug-likeness (QED) is 0.631. The number of likely N-dealkylation sites (tertiary alicyclic amines) is 1. The van der Waals surface area contributed by atoms with Crippen molar-refractivity contribution in [2.24, 2.45) is 0 Å². The number of carbonyl (C=O) groups excluding carboxylic acids is 1. The number of hydrogen-bond donors (Lipinski definition) is 0. The van der Waals surface area contributed by atoms with E-state index < -0.39 is 0 Å². The van der Waals surface area contributed by atoms with Crippen molar-refractivity contribution in [1.82, 2.24) is 30.1 Å². The molecule has 1 atom stereocenters. The minimum atomic E-state index is 0.155. The minimum Gasteiger partial charge on any atom is -0.342 e. The number of carbonyl (C=O) groups is 1. The molecule has 3 heterocycles. The van der Waals surface area contributed by atoms with Gasteiger partial charge in [0.15, 0.2) is 0 Å². The highest BCUT2D eigenvalue weighted by atomic mass is 16.2. The van der Waals surface area contributed by atoms with E-state index in [1.54, 1.807) is 11.0 Å². The van der Waals surface area contributed by atoms with E-state index in [9.17, 15) is 4.79 Å². The lowest BCUT2D eigenvalue weighted by molar-refractivity contribution is -0.132. The van der Waals surface area contributed by atoms with Gasteiger partial charge in [-0.1, -0.05) is 29.8 Å². The number of benzene rings is 1. The van der Waals surface area contributed by atoms with Crippen LogP contribution in [0, 0.1) is 13.8 Å². The molecular weight excluding hydrogens is 376 g/mol. The molecule has 1 aliphatic rings. The Labute approximate surface area is 177 Å². The summed E-state index contributed by atoms with van der Waals surface area (Å²) in [6.07, 6.45) is 4.93. The van der Waals surface area contributed by atoms with Crippen LogP contribution in [0.25, 0.3) is 0 Å². The zero-order valence-corrected chi connectivity index (χ0v) is 17.7. The Morgan fingerprint density at radius 1 is 1.17 bits per heavy atom. The summed E-state index contributed by atoms with van der Waals surface area (Å²) in [5.74, 6) is 0.440. The molecular formula is C23H28N6O. The average molecular weight is 405 g/mol. The maximum atomic E-state index is 12.7. The number of pyridine rings is 1. The summed E-state index contributed by atoms with van der Waals surface area (Å²) < 4.78 is 1.60. The number of aryl methyl sites for hydroxylation is 3. The first kappa shape index (κ1) is 20.2. The molecule has 0 aliphatic carbocycles. The van der Waals surface area contributed by atoms with Crippen LogP contribution in [0.1, 0.15) is 53.3 Å². The van der Waals surface area contributed by atoms with Crippen LogP contribution in [0.2, 0.25) is 0 Å². The van der Waals surface area contributed by atoms with Gasteiger partial charge in [0.25, 0.3) is 0 Å². The van der Waals surface area contributed by atoms with Crippen LogP contribution < -0.4 is 0 Å². The molecule has 0 N–H and O–H groups in total. The number of hydrogen-bond acceptors (Lipinski definition) is 5. The van der Waals surface area contributed by atoms with Gasteiger partial charge in [-0.15, -0.1) is 5.10 Å². The van der Waals surface area contributed by atoms with Crippen molar-refractivity contribution in [3.05, 3.63) is 70.8 Å². The first-order valence-corrected chi connectivity index (χ1v) is 10.6. The van der Waals surface area contributed by atoms with Crippen molar-refractivity contribution in [2.45, 2.75) is 52.0 Å². The van der Waals surface area contributed by atoms with E-state index in [0.717, 1.165) is 43.7 Å². The molecule has 1 aliphatic heterocycles. The summed E-state index contributed by atoms with van der Waals surface area (Å²) in [5.41, 5.74) is 6.02. The van der Waals surface area contributed by atoms with Crippen molar-refractivity contribution in [1.29, 1.82) is 0 Å². The third-order valence-electron chi connectivity index (χ3n) is 5.66. The predicted octanol–water partition coefficient (Wildman–Crippen LogP) is 3.07. The molecule has 0 unspecified atom stereocenters. The van der Waals surface area contributed by atoms with E-state index in [-0.39, 0.29) is 11.8 Å². The standard InChI is InChI=1S/C23H28N6O/c1-17-5-3-6-19(11-17)13-20-12-18(2)25-22(14-20)21-7-4-9-28(15-21)23(30)8-10-29-16-24-26-27-29/h3,5-6,11-12,14,16,21H,4,7-10,13,15H2,1-2H3/t21-/m1/s1. The number of piperidine rings is 1. The highest BCUT2D eigenvalue weighted by Gasteiger charge is 2.26. The second kappa shape index (κ2) is 9.15. The Balaban J connectivity index is 1.43. The molecule has 1 amide bonds. The number of rotatable bonds is 6. The molecule has 30 heavy (non-hydrogen) atoms. The van der Waals surface area contributed by atoms with Crippen LogP contribution in [0.15, 0.2) is 42.7 Å². The second-order valence-electron chi connectivity index (χ2n) is 8.21. The van der Waals surface area contributed by atoms with Gasteiger partial charge in [0.1, 0.15) is 6.33 Å². The summed E-state index contributed by atoms with van der Waals surface area (Å²) in [6, 6.07) is 13.0. The summed E-state index contributed by atoms with van der Waals surface area (Å²) in [6.45, 7) is 6.24. The van der Waals surface area contributed by atoms with Gasteiger partial charge in [0.2, 0.25) is 5.91 Å². The number of nitrogens with zero attached hydrogens (tertiary/aromatic N) is 6. The van der Waals surface area contributed by atoms with Crippen molar-refractivity contribution in [2.75, 3.05) is 13.1 Å². The zero-order valence-electron chi connectivity index (χ0n) is 17.7. The maximum Gasteiger partial charge on any atom is 0.224 e. The summed E-state index contributed by atoms with van der Waals surface area (Å²) in [5, 5.41) is 11.1. The van der Waals surface area contributed by atoms with E-state index in [0.29, 0.717) is 13.0 Å². The van der Waals surface area contributed by atoms with Gasteiger partial charge < -0.3 is 4.90 Å². The molecule has 0 radical (unpaired) electrons.